The van der Waals surface area contributed by atoms with E-state index >= 15 is 0 Å². The van der Waals surface area contributed by atoms with Crippen molar-refractivity contribution < 1.29 is 9.53 Å². The van der Waals surface area contributed by atoms with E-state index in [2.05, 4.69) is 5.32 Å². The molecule has 0 aromatic heterocycles. The number of rotatable bonds is 4. The Kier molecular flexibility index (Phi) is 5.45. The maximum absolute atomic E-state index is 12.2. The van der Waals surface area contributed by atoms with Crippen molar-refractivity contribution in [3.63, 3.8) is 0 Å². The van der Waals surface area contributed by atoms with Crippen LogP contribution in [0, 0.1) is 5.92 Å². The maximum Gasteiger partial charge on any atom is 0.241 e. The highest BCUT2D eigenvalue weighted by Crippen LogP contribution is 2.26. The van der Waals surface area contributed by atoms with Gasteiger partial charge in [0.05, 0.1) is 13.2 Å². The van der Waals surface area contributed by atoms with Gasteiger partial charge in [0.15, 0.2) is 0 Å². The van der Waals surface area contributed by atoms with Crippen molar-refractivity contribution in [2.45, 2.75) is 44.6 Å². The number of nitrogens with one attached hydrogen (secondary N) is 1. The van der Waals surface area contributed by atoms with Crippen molar-refractivity contribution in [2.75, 3.05) is 33.4 Å². The lowest BCUT2D eigenvalue weighted by molar-refractivity contribution is -0.135. The molecule has 0 radical (unpaired) electrons. The van der Waals surface area contributed by atoms with Gasteiger partial charge in [-0.15, -0.1) is 0 Å². The summed E-state index contributed by atoms with van der Waals surface area (Å²) in [5.41, 5.74) is 0. The molecule has 1 aliphatic carbocycles. The highest BCUT2D eigenvalue weighted by molar-refractivity contribution is 5.81. The number of hydrogen-bond donors (Lipinski definition) is 1. The van der Waals surface area contributed by atoms with Gasteiger partial charge in [-0.3, -0.25) is 4.79 Å². The number of morpholine rings is 1. The number of ether oxygens (including phenoxy) is 1. The van der Waals surface area contributed by atoms with Crippen LogP contribution in [0.15, 0.2) is 0 Å². The molecule has 4 heteroatoms. The molecule has 1 saturated carbocycles. The van der Waals surface area contributed by atoms with Gasteiger partial charge in [-0.25, -0.2) is 0 Å². The van der Waals surface area contributed by atoms with Crippen molar-refractivity contribution in [3.05, 3.63) is 0 Å². The maximum atomic E-state index is 12.2. The first-order valence-corrected chi connectivity index (χ1v) is 7.33. The minimum atomic E-state index is -0.130. The van der Waals surface area contributed by atoms with E-state index in [1.165, 1.54) is 32.1 Å². The standard InChI is InChI=1S/C14H26N2O2/c1-16(9-7-12-5-3-2-4-6-12)14(17)13-11-18-10-8-15-13/h12-13,15H,2-11H2,1H3. The van der Waals surface area contributed by atoms with Crippen molar-refractivity contribution in [3.8, 4) is 0 Å². The topological polar surface area (TPSA) is 41.6 Å². The predicted octanol–water partition coefficient (Wildman–Crippen LogP) is 1.40. The Balaban J connectivity index is 1.69. The second kappa shape index (κ2) is 7.10. The van der Waals surface area contributed by atoms with Crippen LogP contribution in [0.2, 0.25) is 0 Å². The van der Waals surface area contributed by atoms with E-state index < -0.39 is 0 Å². The average Bonchev–Trinajstić information content (AvgIpc) is 2.46. The highest BCUT2D eigenvalue weighted by Gasteiger charge is 2.24. The van der Waals surface area contributed by atoms with E-state index in [1.54, 1.807) is 0 Å². The van der Waals surface area contributed by atoms with Crippen LogP contribution in [0.25, 0.3) is 0 Å². The summed E-state index contributed by atoms with van der Waals surface area (Å²) in [4.78, 5) is 14.0. The van der Waals surface area contributed by atoms with E-state index in [1.807, 2.05) is 11.9 Å². The summed E-state index contributed by atoms with van der Waals surface area (Å²) in [6, 6.07) is -0.130. The van der Waals surface area contributed by atoms with Gasteiger partial charge in [0, 0.05) is 20.1 Å². The third kappa shape index (κ3) is 3.95. The third-order valence-corrected chi connectivity index (χ3v) is 4.19. The molecule has 0 bridgehead atoms. The van der Waals surface area contributed by atoms with Crippen LogP contribution in [0.5, 0.6) is 0 Å². The minimum absolute atomic E-state index is 0.130. The first-order chi connectivity index (χ1) is 8.77. The Bertz CT molecular complexity index is 259. The molecular weight excluding hydrogens is 228 g/mol. The summed E-state index contributed by atoms with van der Waals surface area (Å²) in [5.74, 6) is 1.02. The Morgan fingerprint density at radius 1 is 1.33 bits per heavy atom. The van der Waals surface area contributed by atoms with Gasteiger partial charge in [-0.1, -0.05) is 32.1 Å². The lowest BCUT2D eigenvalue weighted by atomic mass is 9.87. The van der Waals surface area contributed by atoms with Gasteiger partial charge in [0.25, 0.3) is 0 Å². The summed E-state index contributed by atoms with van der Waals surface area (Å²) < 4.78 is 5.34. The number of hydrogen-bond acceptors (Lipinski definition) is 3. The monoisotopic (exact) mass is 254 g/mol. The molecule has 0 aromatic rings. The molecule has 1 atom stereocenters. The fraction of sp³-hybridized carbons (Fsp3) is 0.929. The van der Waals surface area contributed by atoms with Crippen LogP contribution in [0.1, 0.15) is 38.5 Å². The lowest BCUT2D eigenvalue weighted by Gasteiger charge is -2.29. The van der Waals surface area contributed by atoms with Crippen LogP contribution in [0.4, 0.5) is 0 Å². The number of carbonyl (C=O) groups is 1. The second-order valence-corrected chi connectivity index (χ2v) is 5.63. The minimum Gasteiger partial charge on any atom is -0.378 e. The molecule has 104 valence electrons. The van der Waals surface area contributed by atoms with Gasteiger partial charge >= 0.3 is 0 Å². The zero-order chi connectivity index (χ0) is 12.8. The summed E-state index contributed by atoms with van der Waals surface area (Å²) >= 11 is 0. The molecule has 4 nitrogen and oxygen atoms in total. The lowest BCUT2D eigenvalue weighted by Crippen LogP contribution is -2.51. The Labute approximate surface area is 110 Å². The molecule has 18 heavy (non-hydrogen) atoms. The molecule has 2 aliphatic rings. The van der Waals surface area contributed by atoms with E-state index in [4.69, 9.17) is 4.74 Å². The fourth-order valence-corrected chi connectivity index (χ4v) is 2.95. The van der Waals surface area contributed by atoms with Crippen molar-refractivity contribution >= 4 is 5.91 Å². The Morgan fingerprint density at radius 3 is 2.78 bits per heavy atom. The third-order valence-electron chi connectivity index (χ3n) is 4.19. The van der Waals surface area contributed by atoms with Gasteiger partial charge in [0.2, 0.25) is 5.91 Å². The average molecular weight is 254 g/mol. The van der Waals surface area contributed by atoms with Crippen molar-refractivity contribution in [2.24, 2.45) is 5.92 Å². The zero-order valence-electron chi connectivity index (χ0n) is 11.5. The number of nitrogens with zero attached hydrogens (tertiary/aromatic N) is 1. The van der Waals surface area contributed by atoms with E-state index in [0.717, 1.165) is 32.0 Å². The molecule has 0 aromatic carbocycles. The molecule has 1 N–H and O–H groups in total. The van der Waals surface area contributed by atoms with Crippen molar-refractivity contribution in [1.29, 1.82) is 0 Å². The molecule has 1 unspecified atom stereocenters. The zero-order valence-corrected chi connectivity index (χ0v) is 11.5. The number of likely N-dealkylation sites (N-methyl/N-ethyl adjacent to an activating group) is 1. The summed E-state index contributed by atoms with van der Waals surface area (Å²) in [6.07, 6.45) is 8.02. The number of amides is 1. The van der Waals surface area contributed by atoms with Crippen LogP contribution in [0.3, 0.4) is 0 Å². The molecule has 1 aliphatic heterocycles. The summed E-state index contributed by atoms with van der Waals surface area (Å²) in [5, 5.41) is 3.22. The van der Waals surface area contributed by atoms with Crippen LogP contribution in [-0.4, -0.2) is 50.2 Å². The van der Waals surface area contributed by atoms with E-state index in [-0.39, 0.29) is 11.9 Å². The molecular formula is C14H26N2O2. The normalized spacial score (nSPS) is 25.9. The number of carbonyl (C=O) groups excluding carboxylic acids is 1. The quantitative estimate of drug-likeness (QED) is 0.824. The largest absolute Gasteiger partial charge is 0.378 e. The van der Waals surface area contributed by atoms with Gasteiger partial charge in [-0.2, -0.15) is 0 Å². The van der Waals surface area contributed by atoms with Gasteiger partial charge in [0.1, 0.15) is 6.04 Å². The molecule has 2 fully saturated rings. The molecule has 0 spiro atoms. The molecule has 1 heterocycles. The van der Waals surface area contributed by atoms with Gasteiger partial charge in [-0.05, 0) is 12.3 Å². The Hall–Kier alpha value is -0.610. The van der Waals surface area contributed by atoms with E-state index in [0.29, 0.717) is 6.61 Å². The van der Waals surface area contributed by atoms with Crippen LogP contribution in [-0.2, 0) is 9.53 Å². The molecule has 1 saturated heterocycles. The van der Waals surface area contributed by atoms with E-state index in [9.17, 15) is 4.79 Å². The highest BCUT2D eigenvalue weighted by atomic mass is 16.5. The fourth-order valence-electron chi connectivity index (χ4n) is 2.95. The summed E-state index contributed by atoms with van der Waals surface area (Å²) in [6.45, 7) is 2.91. The predicted molar refractivity (Wildman–Crippen MR) is 71.4 cm³/mol. The van der Waals surface area contributed by atoms with Crippen LogP contribution < -0.4 is 5.32 Å². The van der Waals surface area contributed by atoms with Crippen molar-refractivity contribution in [1.82, 2.24) is 10.2 Å². The molecule has 1 amide bonds. The Morgan fingerprint density at radius 2 is 2.11 bits per heavy atom. The SMILES string of the molecule is CN(CCC1CCCCC1)C(=O)C1COCCN1. The second-order valence-electron chi connectivity index (χ2n) is 5.63. The van der Waals surface area contributed by atoms with Gasteiger partial charge < -0.3 is 15.0 Å². The van der Waals surface area contributed by atoms with Crippen LogP contribution >= 0.6 is 0 Å². The summed E-state index contributed by atoms with van der Waals surface area (Å²) in [7, 11) is 1.92. The first kappa shape index (κ1) is 13.8. The first-order valence-electron chi connectivity index (χ1n) is 7.33. The molecule has 2 rings (SSSR count). The smallest absolute Gasteiger partial charge is 0.241 e.